The van der Waals surface area contributed by atoms with Crippen LogP contribution in [0.3, 0.4) is 0 Å². The second kappa shape index (κ2) is 6.58. The minimum atomic E-state index is -5.95. The van der Waals surface area contributed by atoms with Crippen molar-refractivity contribution in [1.29, 1.82) is 0 Å². The van der Waals surface area contributed by atoms with E-state index in [9.17, 15) is 31.5 Å². The predicted octanol–water partition coefficient (Wildman–Crippen LogP) is 3.36. The number of nitrogens with one attached hydrogen (secondary N) is 1. The molecule has 0 heterocycles. The molecular weight excluding hydrogens is 365 g/mol. The third-order valence-electron chi connectivity index (χ3n) is 3.52. The first kappa shape index (κ1) is 18.3. The molecule has 1 amide bonds. The van der Waals surface area contributed by atoms with E-state index in [-0.39, 0.29) is 30.4 Å². The van der Waals surface area contributed by atoms with Crippen molar-refractivity contribution in [2.24, 2.45) is 0 Å². The van der Waals surface area contributed by atoms with Crippen LogP contribution in [0.25, 0.3) is 0 Å². The first-order valence-electron chi connectivity index (χ1n) is 6.39. The number of halogens is 6. The Morgan fingerprint density at radius 2 is 1.57 bits per heavy atom. The van der Waals surface area contributed by atoms with Crippen LogP contribution in [0.15, 0.2) is 0 Å². The van der Waals surface area contributed by atoms with Gasteiger partial charge in [-0.15, -0.1) is 0 Å². The molecule has 9 heteroatoms. The summed E-state index contributed by atoms with van der Waals surface area (Å²) >= 11 is 2.91. The van der Waals surface area contributed by atoms with Gasteiger partial charge < -0.3 is 5.32 Å². The van der Waals surface area contributed by atoms with Crippen LogP contribution >= 0.6 is 15.9 Å². The second-order valence-electron chi connectivity index (χ2n) is 5.22. The molecule has 0 saturated heterocycles. The maximum Gasteiger partial charge on any atom is 0.463 e. The lowest BCUT2D eigenvalue weighted by Crippen LogP contribution is -2.59. The minimum Gasteiger partial charge on any atom is -0.345 e. The number of carbonyl (C=O) groups excluding carboxylic acids is 2. The highest BCUT2D eigenvalue weighted by Crippen LogP contribution is 2.38. The normalized spacial score (nSPS) is 19.1. The molecule has 0 bridgehead atoms. The maximum atomic E-state index is 13.0. The largest absolute Gasteiger partial charge is 0.463 e. The summed E-state index contributed by atoms with van der Waals surface area (Å²) in [7, 11) is 0. The van der Waals surface area contributed by atoms with Crippen LogP contribution in [0.5, 0.6) is 0 Å². The van der Waals surface area contributed by atoms with Crippen LogP contribution in [0.4, 0.5) is 22.0 Å². The summed E-state index contributed by atoms with van der Waals surface area (Å²) in [5.41, 5.74) is -1.31. The third-order valence-corrected chi connectivity index (χ3v) is 4.14. The second-order valence-corrected chi connectivity index (χ2v) is 5.78. The van der Waals surface area contributed by atoms with Gasteiger partial charge in [-0.1, -0.05) is 35.2 Å². The highest BCUT2D eigenvalue weighted by Gasteiger charge is 2.64. The van der Waals surface area contributed by atoms with Crippen molar-refractivity contribution in [2.75, 3.05) is 5.33 Å². The fraction of sp³-hybridized carbons (Fsp3) is 0.833. The SMILES string of the molecule is O=C(CBr)CC1(NC(=O)C(F)(F)C(F)(F)F)CCCCC1. The van der Waals surface area contributed by atoms with Gasteiger partial charge in [-0.2, -0.15) is 22.0 Å². The van der Waals surface area contributed by atoms with Gasteiger partial charge in [-0.05, 0) is 12.8 Å². The minimum absolute atomic E-state index is 0.0414. The Labute approximate surface area is 126 Å². The van der Waals surface area contributed by atoms with Gasteiger partial charge in [-0.25, -0.2) is 0 Å². The molecule has 122 valence electrons. The monoisotopic (exact) mass is 379 g/mol. The number of Topliss-reactive ketones (excluding diaryl/α,β-unsaturated/α-hetero) is 1. The highest BCUT2D eigenvalue weighted by atomic mass is 79.9. The number of ketones is 1. The van der Waals surface area contributed by atoms with E-state index < -0.39 is 23.5 Å². The van der Waals surface area contributed by atoms with Gasteiger partial charge >= 0.3 is 18.0 Å². The average molecular weight is 380 g/mol. The van der Waals surface area contributed by atoms with E-state index in [0.717, 1.165) is 6.42 Å². The number of amides is 1. The molecule has 3 nitrogen and oxygen atoms in total. The Hall–Kier alpha value is -0.730. The van der Waals surface area contributed by atoms with Gasteiger partial charge in [0.05, 0.1) is 5.33 Å². The first-order valence-corrected chi connectivity index (χ1v) is 7.51. The lowest BCUT2D eigenvalue weighted by molar-refractivity contribution is -0.270. The van der Waals surface area contributed by atoms with E-state index in [1.54, 1.807) is 5.32 Å². The molecular formula is C12H15BrF5NO2. The summed E-state index contributed by atoms with van der Waals surface area (Å²) in [6.45, 7) is 0. The van der Waals surface area contributed by atoms with Crippen LogP contribution in [0, 0.1) is 0 Å². The van der Waals surface area contributed by atoms with Crippen LogP contribution in [0.1, 0.15) is 38.5 Å². The van der Waals surface area contributed by atoms with Gasteiger partial charge in [0.15, 0.2) is 0 Å². The van der Waals surface area contributed by atoms with Crippen molar-refractivity contribution < 1.29 is 31.5 Å². The zero-order chi connectivity index (χ0) is 16.3. The molecule has 0 aromatic carbocycles. The number of alkyl halides is 6. The topological polar surface area (TPSA) is 46.2 Å². The Kier molecular flexibility index (Phi) is 5.74. The van der Waals surface area contributed by atoms with Crippen molar-refractivity contribution >= 4 is 27.6 Å². The first-order chi connectivity index (χ1) is 9.54. The molecule has 0 aromatic heterocycles. The zero-order valence-corrected chi connectivity index (χ0v) is 12.6. The zero-order valence-electron chi connectivity index (χ0n) is 11.0. The molecule has 0 unspecified atom stereocenters. The average Bonchev–Trinajstić information content (AvgIpc) is 2.37. The molecule has 0 radical (unpaired) electrons. The molecule has 21 heavy (non-hydrogen) atoms. The summed E-state index contributed by atoms with van der Waals surface area (Å²) in [5.74, 6) is -8.21. The fourth-order valence-electron chi connectivity index (χ4n) is 2.45. The molecule has 0 spiro atoms. The Balaban J connectivity index is 2.91. The fourth-order valence-corrected chi connectivity index (χ4v) is 2.65. The van der Waals surface area contributed by atoms with Crippen molar-refractivity contribution in [3.63, 3.8) is 0 Å². The van der Waals surface area contributed by atoms with Gasteiger partial charge in [0.25, 0.3) is 0 Å². The van der Waals surface area contributed by atoms with Crippen LogP contribution in [0.2, 0.25) is 0 Å². The van der Waals surface area contributed by atoms with Crippen molar-refractivity contribution in [2.45, 2.75) is 56.2 Å². The molecule has 1 fully saturated rings. The lowest BCUT2D eigenvalue weighted by Gasteiger charge is -2.38. The summed E-state index contributed by atoms with van der Waals surface area (Å²) < 4.78 is 62.7. The predicted molar refractivity (Wildman–Crippen MR) is 68.4 cm³/mol. The molecule has 1 N–H and O–H groups in total. The van der Waals surface area contributed by atoms with Gasteiger partial charge in [0.2, 0.25) is 0 Å². The summed E-state index contributed by atoms with van der Waals surface area (Å²) in [6, 6.07) is 0. The summed E-state index contributed by atoms with van der Waals surface area (Å²) in [5, 5.41) is 1.75. The number of hydrogen-bond acceptors (Lipinski definition) is 2. The van der Waals surface area contributed by atoms with Gasteiger partial charge in [0.1, 0.15) is 5.78 Å². The van der Waals surface area contributed by atoms with E-state index in [2.05, 4.69) is 15.9 Å². The molecule has 1 aliphatic carbocycles. The van der Waals surface area contributed by atoms with E-state index in [4.69, 9.17) is 0 Å². The van der Waals surface area contributed by atoms with Crippen molar-refractivity contribution in [1.82, 2.24) is 5.32 Å². The molecule has 1 rings (SSSR count). The number of hydrogen-bond donors (Lipinski definition) is 1. The van der Waals surface area contributed by atoms with E-state index in [1.165, 1.54) is 0 Å². The van der Waals surface area contributed by atoms with Crippen molar-refractivity contribution in [3.05, 3.63) is 0 Å². The van der Waals surface area contributed by atoms with E-state index in [0.29, 0.717) is 12.8 Å². The highest BCUT2D eigenvalue weighted by molar-refractivity contribution is 9.09. The number of rotatable bonds is 5. The standard InChI is InChI=1S/C12H15BrF5NO2/c13-7-8(20)6-10(4-2-1-3-5-10)19-9(21)11(14,15)12(16,17)18/h1-7H2,(H,19,21). The molecule has 1 saturated carbocycles. The van der Waals surface area contributed by atoms with E-state index >= 15 is 0 Å². The molecule has 0 aromatic rings. The molecule has 0 aliphatic heterocycles. The van der Waals surface area contributed by atoms with Crippen molar-refractivity contribution in [3.8, 4) is 0 Å². The summed E-state index contributed by atoms with van der Waals surface area (Å²) in [4.78, 5) is 22.9. The summed E-state index contributed by atoms with van der Waals surface area (Å²) in [6.07, 6.45) is -3.86. The van der Waals surface area contributed by atoms with Crippen LogP contribution < -0.4 is 5.32 Å². The smallest absolute Gasteiger partial charge is 0.345 e. The Bertz CT molecular complexity index is 405. The third kappa shape index (κ3) is 4.37. The Morgan fingerprint density at radius 3 is 2.00 bits per heavy atom. The quantitative estimate of drug-likeness (QED) is 0.588. The number of carbonyl (C=O) groups is 2. The van der Waals surface area contributed by atoms with Crippen LogP contribution in [-0.2, 0) is 9.59 Å². The Morgan fingerprint density at radius 1 is 1.05 bits per heavy atom. The van der Waals surface area contributed by atoms with Gasteiger partial charge in [-0.3, -0.25) is 9.59 Å². The maximum absolute atomic E-state index is 13.0. The van der Waals surface area contributed by atoms with E-state index in [1.807, 2.05) is 0 Å². The van der Waals surface area contributed by atoms with Crippen LogP contribution in [-0.4, -0.2) is 34.7 Å². The molecule has 1 aliphatic rings. The lowest BCUT2D eigenvalue weighted by atomic mass is 9.78. The molecule has 0 atom stereocenters. The van der Waals surface area contributed by atoms with Gasteiger partial charge in [0, 0.05) is 12.0 Å².